The molecular formula is C14H24N2O. The van der Waals surface area contributed by atoms with Crippen molar-refractivity contribution in [2.45, 2.75) is 45.8 Å². The third-order valence-corrected chi connectivity index (χ3v) is 2.91. The molecule has 96 valence electrons. The van der Waals surface area contributed by atoms with Crippen LogP contribution >= 0.6 is 0 Å². The summed E-state index contributed by atoms with van der Waals surface area (Å²) in [6.45, 7) is 7.09. The van der Waals surface area contributed by atoms with Crippen molar-refractivity contribution < 1.29 is 5.11 Å². The average Bonchev–Trinajstić information content (AvgIpc) is 2.30. The molecule has 0 radical (unpaired) electrons. The molecule has 1 heterocycles. The Hall–Kier alpha value is -0.930. The van der Waals surface area contributed by atoms with Crippen LogP contribution < -0.4 is 5.32 Å². The lowest BCUT2D eigenvalue weighted by atomic mass is 9.97. The van der Waals surface area contributed by atoms with Gasteiger partial charge in [0.15, 0.2) is 0 Å². The van der Waals surface area contributed by atoms with Gasteiger partial charge in [-0.3, -0.25) is 4.98 Å². The van der Waals surface area contributed by atoms with E-state index in [4.69, 9.17) is 0 Å². The fourth-order valence-electron chi connectivity index (χ4n) is 2.00. The molecular weight excluding hydrogens is 212 g/mol. The van der Waals surface area contributed by atoms with Gasteiger partial charge in [0.25, 0.3) is 0 Å². The van der Waals surface area contributed by atoms with E-state index < -0.39 is 0 Å². The van der Waals surface area contributed by atoms with Crippen molar-refractivity contribution in [2.24, 2.45) is 5.92 Å². The maximum atomic E-state index is 9.75. The Bertz CT molecular complexity index is 300. The Labute approximate surface area is 104 Å². The number of nitrogens with zero attached hydrogens (tertiary/aromatic N) is 1. The Morgan fingerprint density at radius 1 is 1.41 bits per heavy atom. The molecule has 3 nitrogen and oxygen atoms in total. The third-order valence-electron chi connectivity index (χ3n) is 2.91. The summed E-state index contributed by atoms with van der Waals surface area (Å²) < 4.78 is 0. The summed E-state index contributed by atoms with van der Waals surface area (Å²) in [6.07, 6.45) is 5.29. The first-order valence-electron chi connectivity index (χ1n) is 6.46. The standard InChI is InChI=1S/C14H24N2O/c1-4-6-13(17)10-16-14(11(2)3)12-7-5-8-15-9-12/h5,7-9,11,13-14,16-17H,4,6,10H2,1-3H3. The third kappa shape index (κ3) is 4.84. The topological polar surface area (TPSA) is 45.1 Å². The second kappa shape index (κ2) is 7.41. The van der Waals surface area contributed by atoms with Crippen LogP contribution in [0.2, 0.25) is 0 Å². The van der Waals surface area contributed by atoms with Gasteiger partial charge in [-0.25, -0.2) is 0 Å². The smallest absolute Gasteiger partial charge is 0.0664 e. The highest BCUT2D eigenvalue weighted by Crippen LogP contribution is 2.20. The van der Waals surface area contributed by atoms with Gasteiger partial charge in [-0.05, 0) is 24.0 Å². The first-order chi connectivity index (χ1) is 8.15. The summed E-state index contributed by atoms with van der Waals surface area (Å²) in [6, 6.07) is 4.29. The SMILES string of the molecule is CCCC(O)CNC(c1cccnc1)C(C)C. The van der Waals surface area contributed by atoms with Gasteiger partial charge >= 0.3 is 0 Å². The van der Waals surface area contributed by atoms with Crippen molar-refractivity contribution in [1.82, 2.24) is 10.3 Å². The van der Waals surface area contributed by atoms with Crippen molar-refractivity contribution in [3.8, 4) is 0 Å². The molecule has 2 N–H and O–H groups in total. The summed E-state index contributed by atoms with van der Waals surface area (Å²) in [5.74, 6) is 0.480. The molecule has 0 fully saturated rings. The number of hydrogen-bond acceptors (Lipinski definition) is 3. The second-order valence-corrected chi connectivity index (χ2v) is 4.86. The van der Waals surface area contributed by atoms with E-state index in [2.05, 4.69) is 37.1 Å². The van der Waals surface area contributed by atoms with Crippen molar-refractivity contribution in [3.63, 3.8) is 0 Å². The Balaban J connectivity index is 2.56. The van der Waals surface area contributed by atoms with E-state index in [0.717, 1.165) is 12.8 Å². The van der Waals surface area contributed by atoms with Crippen molar-refractivity contribution in [3.05, 3.63) is 30.1 Å². The van der Waals surface area contributed by atoms with Gasteiger partial charge in [0.2, 0.25) is 0 Å². The number of aliphatic hydroxyl groups excluding tert-OH is 1. The number of aromatic nitrogens is 1. The fourth-order valence-corrected chi connectivity index (χ4v) is 2.00. The van der Waals surface area contributed by atoms with E-state index in [-0.39, 0.29) is 12.1 Å². The van der Waals surface area contributed by atoms with Crippen LogP contribution in [0.15, 0.2) is 24.5 Å². The maximum Gasteiger partial charge on any atom is 0.0664 e. The summed E-state index contributed by atoms with van der Waals surface area (Å²) in [7, 11) is 0. The summed E-state index contributed by atoms with van der Waals surface area (Å²) in [4.78, 5) is 4.15. The van der Waals surface area contributed by atoms with Crippen LogP contribution in [0.5, 0.6) is 0 Å². The molecule has 2 atom stereocenters. The Morgan fingerprint density at radius 2 is 2.18 bits per heavy atom. The largest absolute Gasteiger partial charge is 0.392 e. The lowest BCUT2D eigenvalue weighted by Gasteiger charge is -2.24. The lowest BCUT2D eigenvalue weighted by molar-refractivity contribution is 0.153. The van der Waals surface area contributed by atoms with Crippen molar-refractivity contribution in [2.75, 3.05) is 6.54 Å². The number of rotatable bonds is 7. The van der Waals surface area contributed by atoms with E-state index in [9.17, 15) is 5.11 Å². The van der Waals surface area contributed by atoms with Gasteiger partial charge < -0.3 is 10.4 Å². The zero-order valence-electron chi connectivity index (χ0n) is 11.1. The predicted molar refractivity (Wildman–Crippen MR) is 70.7 cm³/mol. The number of aliphatic hydroxyl groups is 1. The zero-order valence-corrected chi connectivity index (χ0v) is 11.1. The van der Waals surface area contributed by atoms with Crippen LogP contribution in [0.4, 0.5) is 0 Å². The van der Waals surface area contributed by atoms with E-state index >= 15 is 0 Å². The van der Waals surface area contributed by atoms with Gasteiger partial charge in [0, 0.05) is 25.0 Å². The first-order valence-corrected chi connectivity index (χ1v) is 6.46. The van der Waals surface area contributed by atoms with Crippen LogP contribution in [0.3, 0.4) is 0 Å². The molecule has 0 bridgehead atoms. The summed E-state index contributed by atoms with van der Waals surface area (Å²) in [5.41, 5.74) is 1.19. The minimum absolute atomic E-state index is 0.252. The quantitative estimate of drug-likeness (QED) is 0.764. The van der Waals surface area contributed by atoms with Gasteiger partial charge in [0.1, 0.15) is 0 Å². The van der Waals surface area contributed by atoms with E-state index in [1.807, 2.05) is 12.3 Å². The Morgan fingerprint density at radius 3 is 2.71 bits per heavy atom. The molecule has 0 aromatic carbocycles. The van der Waals surface area contributed by atoms with Crippen molar-refractivity contribution in [1.29, 1.82) is 0 Å². The lowest BCUT2D eigenvalue weighted by Crippen LogP contribution is -2.33. The molecule has 0 spiro atoms. The van der Waals surface area contributed by atoms with Crippen molar-refractivity contribution >= 4 is 0 Å². The van der Waals surface area contributed by atoms with E-state index in [0.29, 0.717) is 12.5 Å². The molecule has 1 aromatic heterocycles. The van der Waals surface area contributed by atoms with E-state index in [1.54, 1.807) is 6.20 Å². The zero-order chi connectivity index (χ0) is 12.7. The minimum Gasteiger partial charge on any atom is -0.392 e. The second-order valence-electron chi connectivity index (χ2n) is 4.86. The van der Waals surface area contributed by atoms with Crippen LogP contribution in [-0.4, -0.2) is 22.7 Å². The van der Waals surface area contributed by atoms with Gasteiger partial charge in [-0.1, -0.05) is 33.3 Å². The fraction of sp³-hybridized carbons (Fsp3) is 0.643. The molecule has 2 unspecified atom stereocenters. The van der Waals surface area contributed by atoms with Gasteiger partial charge in [0.05, 0.1) is 6.10 Å². The van der Waals surface area contributed by atoms with Crippen LogP contribution in [0, 0.1) is 5.92 Å². The monoisotopic (exact) mass is 236 g/mol. The molecule has 1 aromatic rings. The molecule has 0 aliphatic rings. The molecule has 0 saturated heterocycles. The molecule has 0 amide bonds. The number of nitrogens with one attached hydrogen (secondary N) is 1. The van der Waals surface area contributed by atoms with Gasteiger partial charge in [-0.15, -0.1) is 0 Å². The first kappa shape index (κ1) is 14.1. The minimum atomic E-state index is -0.252. The van der Waals surface area contributed by atoms with Crippen LogP contribution in [0.25, 0.3) is 0 Å². The number of pyridine rings is 1. The van der Waals surface area contributed by atoms with Gasteiger partial charge in [-0.2, -0.15) is 0 Å². The van der Waals surface area contributed by atoms with Crippen LogP contribution in [0.1, 0.15) is 45.2 Å². The summed E-state index contributed by atoms with van der Waals surface area (Å²) in [5, 5.41) is 13.2. The highest BCUT2D eigenvalue weighted by molar-refractivity contribution is 5.14. The molecule has 17 heavy (non-hydrogen) atoms. The number of hydrogen-bond donors (Lipinski definition) is 2. The molecule has 0 saturated carbocycles. The highest BCUT2D eigenvalue weighted by atomic mass is 16.3. The molecule has 0 aliphatic carbocycles. The predicted octanol–water partition coefficient (Wildman–Crippen LogP) is 2.53. The normalized spacial score (nSPS) is 14.9. The highest BCUT2D eigenvalue weighted by Gasteiger charge is 2.16. The molecule has 0 aliphatic heterocycles. The van der Waals surface area contributed by atoms with E-state index in [1.165, 1.54) is 5.56 Å². The molecule has 3 heteroatoms. The van der Waals surface area contributed by atoms with Crippen LogP contribution in [-0.2, 0) is 0 Å². The summed E-state index contributed by atoms with van der Waals surface area (Å²) >= 11 is 0. The Kier molecular flexibility index (Phi) is 6.16. The average molecular weight is 236 g/mol. The molecule has 1 rings (SSSR count). The maximum absolute atomic E-state index is 9.75.